The number of hydrogen-bond acceptors (Lipinski definition) is 4. The Labute approximate surface area is 127 Å². The van der Waals surface area contributed by atoms with Crippen LogP contribution in [0.15, 0.2) is 0 Å². The van der Waals surface area contributed by atoms with E-state index < -0.39 is 0 Å². The van der Waals surface area contributed by atoms with E-state index >= 15 is 0 Å². The summed E-state index contributed by atoms with van der Waals surface area (Å²) in [7, 11) is 3.78. The molecule has 0 atom stereocenters. The van der Waals surface area contributed by atoms with Gasteiger partial charge in [0.15, 0.2) is 0 Å². The molecule has 2 rings (SSSR count). The lowest BCUT2D eigenvalue weighted by atomic mass is 9.84. The van der Waals surface area contributed by atoms with Crippen LogP contribution in [0.2, 0.25) is 0 Å². The molecule has 2 fully saturated rings. The van der Waals surface area contributed by atoms with E-state index in [4.69, 9.17) is 5.73 Å². The molecule has 0 aromatic heterocycles. The lowest BCUT2D eigenvalue weighted by molar-refractivity contribution is -0.146. The number of likely N-dealkylation sites (N-methyl/N-ethyl adjacent to an activating group) is 1. The maximum atomic E-state index is 12.7. The SMILES string of the molecule is CN(C)CC(=O)N1CCN(C(=O)C2(CN)CCCC2)CC1. The van der Waals surface area contributed by atoms with E-state index in [0.29, 0.717) is 39.3 Å². The minimum atomic E-state index is -0.324. The molecule has 0 unspecified atom stereocenters. The molecule has 2 aliphatic rings. The van der Waals surface area contributed by atoms with Gasteiger partial charge in [0.25, 0.3) is 0 Å². The molecule has 6 nitrogen and oxygen atoms in total. The van der Waals surface area contributed by atoms with Gasteiger partial charge in [-0.3, -0.25) is 9.59 Å². The van der Waals surface area contributed by atoms with E-state index in [2.05, 4.69) is 0 Å². The number of carbonyl (C=O) groups excluding carboxylic acids is 2. The molecule has 0 spiro atoms. The third-order valence-electron chi connectivity index (χ3n) is 4.78. The molecule has 6 heteroatoms. The summed E-state index contributed by atoms with van der Waals surface area (Å²) in [5.41, 5.74) is 5.57. The van der Waals surface area contributed by atoms with E-state index in [0.717, 1.165) is 25.7 Å². The molecule has 120 valence electrons. The first kappa shape index (κ1) is 16.2. The van der Waals surface area contributed by atoms with Crippen molar-refractivity contribution in [2.75, 3.05) is 53.4 Å². The molecule has 1 heterocycles. The topological polar surface area (TPSA) is 69.9 Å². The van der Waals surface area contributed by atoms with E-state index in [1.807, 2.05) is 28.8 Å². The van der Waals surface area contributed by atoms with Crippen molar-refractivity contribution in [2.24, 2.45) is 11.1 Å². The third kappa shape index (κ3) is 3.55. The van der Waals surface area contributed by atoms with Crippen molar-refractivity contribution in [3.8, 4) is 0 Å². The summed E-state index contributed by atoms with van der Waals surface area (Å²) in [6.45, 7) is 3.43. The first-order chi connectivity index (χ1) is 9.98. The quantitative estimate of drug-likeness (QED) is 0.776. The number of piperazine rings is 1. The van der Waals surface area contributed by atoms with Crippen molar-refractivity contribution in [3.63, 3.8) is 0 Å². The van der Waals surface area contributed by atoms with Crippen molar-refractivity contribution >= 4 is 11.8 Å². The highest BCUT2D eigenvalue weighted by Gasteiger charge is 2.43. The molecular weight excluding hydrogens is 268 g/mol. The van der Waals surface area contributed by atoms with Crippen molar-refractivity contribution in [2.45, 2.75) is 25.7 Å². The highest BCUT2D eigenvalue weighted by atomic mass is 16.2. The van der Waals surface area contributed by atoms with Crippen molar-refractivity contribution < 1.29 is 9.59 Å². The number of hydrogen-bond donors (Lipinski definition) is 1. The van der Waals surface area contributed by atoms with E-state index in [9.17, 15) is 9.59 Å². The fourth-order valence-corrected chi connectivity index (χ4v) is 3.42. The predicted octanol–water partition coefficient (Wildman–Crippen LogP) is -0.262. The molecule has 1 saturated heterocycles. The highest BCUT2D eigenvalue weighted by molar-refractivity contribution is 5.84. The molecule has 1 aliphatic heterocycles. The summed E-state index contributed by atoms with van der Waals surface area (Å²) in [5.74, 6) is 0.351. The van der Waals surface area contributed by atoms with E-state index in [1.54, 1.807) is 0 Å². The normalized spacial score (nSPS) is 21.9. The van der Waals surface area contributed by atoms with Gasteiger partial charge in [-0.1, -0.05) is 12.8 Å². The Hall–Kier alpha value is -1.14. The zero-order chi connectivity index (χ0) is 15.5. The molecule has 0 radical (unpaired) electrons. The number of amides is 2. The van der Waals surface area contributed by atoms with Gasteiger partial charge in [0.1, 0.15) is 0 Å². The molecule has 0 aromatic rings. The van der Waals surface area contributed by atoms with Crippen LogP contribution < -0.4 is 5.73 Å². The van der Waals surface area contributed by atoms with Gasteiger partial charge in [0.05, 0.1) is 12.0 Å². The Morgan fingerprint density at radius 3 is 2.05 bits per heavy atom. The van der Waals surface area contributed by atoms with Crippen molar-refractivity contribution in [1.29, 1.82) is 0 Å². The fraction of sp³-hybridized carbons (Fsp3) is 0.867. The van der Waals surface area contributed by atoms with Crippen molar-refractivity contribution in [1.82, 2.24) is 14.7 Å². The molecule has 21 heavy (non-hydrogen) atoms. The highest BCUT2D eigenvalue weighted by Crippen LogP contribution is 2.38. The summed E-state index contributed by atoms with van der Waals surface area (Å²) in [5, 5.41) is 0. The van der Waals surface area contributed by atoms with Gasteiger partial charge in [-0.2, -0.15) is 0 Å². The van der Waals surface area contributed by atoms with Crippen molar-refractivity contribution in [3.05, 3.63) is 0 Å². The van der Waals surface area contributed by atoms with Gasteiger partial charge >= 0.3 is 0 Å². The van der Waals surface area contributed by atoms with Gasteiger partial charge in [0.2, 0.25) is 11.8 Å². The van der Waals surface area contributed by atoms with Crippen LogP contribution >= 0.6 is 0 Å². The summed E-state index contributed by atoms with van der Waals surface area (Å²) in [6.07, 6.45) is 4.04. The summed E-state index contributed by atoms with van der Waals surface area (Å²) in [6, 6.07) is 0. The number of nitrogens with zero attached hydrogens (tertiary/aromatic N) is 3. The van der Waals surface area contributed by atoms with Gasteiger partial charge < -0.3 is 20.4 Å². The van der Waals surface area contributed by atoms with Gasteiger partial charge in [-0.15, -0.1) is 0 Å². The van der Waals surface area contributed by atoms with Crippen LogP contribution in [-0.4, -0.2) is 79.9 Å². The van der Waals surface area contributed by atoms with Crippen LogP contribution in [-0.2, 0) is 9.59 Å². The number of nitrogens with two attached hydrogens (primary N) is 1. The predicted molar refractivity (Wildman–Crippen MR) is 81.7 cm³/mol. The van der Waals surface area contributed by atoms with Crippen LogP contribution in [0.4, 0.5) is 0 Å². The van der Waals surface area contributed by atoms with Gasteiger partial charge in [-0.25, -0.2) is 0 Å². The van der Waals surface area contributed by atoms with Crippen LogP contribution in [0.5, 0.6) is 0 Å². The Morgan fingerprint density at radius 2 is 1.57 bits per heavy atom. The second-order valence-corrected chi connectivity index (χ2v) is 6.60. The van der Waals surface area contributed by atoms with E-state index in [-0.39, 0.29) is 17.2 Å². The summed E-state index contributed by atoms with van der Waals surface area (Å²) >= 11 is 0. The zero-order valence-corrected chi connectivity index (χ0v) is 13.3. The molecule has 1 saturated carbocycles. The standard InChI is InChI=1S/C15H28N4O2/c1-17(2)11-13(20)18-7-9-19(10-8-18)14(21)15(12-16)5-3-4-6-15/h3-12,16H2,1-2H3. The van der Waals surface area contributed by atoms with E-state index in [1.165, 1.54) is 0 Å². The molecule has 1 aliphatic carbocycles. The molecule has 2 amide bonds. The Morgan fingerprint density at radius 1 is 1.05 bits per heavy atom. The van der Waals surface area contributed by atoms with Crippen LogP contribution in [0.1, 0.15) is 25.7 Å². The smallest absolute Gasteiger partial charge is 0.236 e. The first-order valence-corrected chi connectivity index (χ1v) is 7.90. The van der Waals surface area contributed by atoms with Crippen LogP contribution in [0.3, 0.4) is 0 Å². The second-order valence-electron chi connectivity index (χ2n) is 6.60. The lowest BCUT2D eigenvalue weighted by Gasteiger charge is -2.39. The first-order valence-electron chi connectivity index (χ1n) is 7.90. The molecular formula is C15H28N4O2. The molecule has 2 N–H and O–H groups in total. The minimum Gasteiger partial charge on any atom is -0.339 e. The second kappa shape index (κ2) is 6.75. The average Bonchev–Trinajstić information content (AvgIpc) is 2.96. The number of rotatable bonds is 4. The van der Waals surface area contributed by atoms with Crippen LogP contribution in [0, 0.1) is 5.41 Å². The van der Waals surface area contributed by atoms with Gasteiger partial charge in [0, 0.05) is 32.7 Å². The maximum absolute atomic E-state index is 12.7. The fourth-order valence-electron chi connectivity index (χ4n) is 3.42. The Kier molecular flexibility index (Phi) is 5.22. The van der Waals surface area contributed by atoms with Gasteiger partial charge in [-0.05, 0) is 26.9 Å². The minimum absolute atomic E-state index is 0.140. The lowest BCUT2D eigenvalue weighted by Crippen LogP contribution is -2.56. The maximum Gasteiger partial charge on any atom is 0.236 e. The Bertz CT molecular complexity index is 383. The third-order valence-corrected chi connectivity index (χ3v) is 4.78. The summed E-state index contributed by atoms with van der Waals surface area (Å²) < 4.78 is 0. The molecule has 0 aromatic carbocycles. The number of carbonyl (C=O) groups is 2. The Balaban J connectivity index is 1.89. The molecule has 0 bridgehead atoms. The average molecular weight is 296 g/mol. The monoisotopic (exact) mass is 296 g/mol. The van der Waals surface area contributed by atoms with Crippen LogP contribution in [0.25, 0.3) is 0 Å². The zero-order valence-electron chi connectivity index (χ0n) is 13.3. The largest absolute Gasteiger partial charge is 0.339 e. The summed E-state index contributed by atoms with van der Waals surface area (Å²) in [4.78, 5) is 30.4.